The number of thiophene rings is 2. The molecule has 50 heavy (non-hydrogen) atoms. The van der Waals surface area contributed by atoms with Crippen LogP contribution in [0.2, 0.25) is 0 Å². The molecule has 0 fully saturated rings. The summed E-state index contributed by atoms with van der Waals surface area (Å²) < 4.78 is 43.4. The summed E-state index contributed by atoms with van der Waals surface area (Å²) in [5.74, 6) is 6.68. The van der Waals surface area contributed by atoms with E-state index < -0.39 is 0 Å². The minimum atomic E-state index is 0.312. The third-order valence-corrected chi connectivity index (χ3v) is 10.9. The maximum atomic E-state index is 5.48. The molecule has 0 amide bonds. The quantitative estimate of drug-likeness (QED) is 0.156. The van der Waals surface area contributed by atoms with Gasteiger partial charge in [-0.1, -0.05) is 24.3 Å². The normalized spacial score (nSPS) is 14.1. The van der Waals surface area contributed by atoms with Gasteiger partial charge in [0.25, 0.3) is 0 Å². The lowest BCUT2D eigenvalue weighted by atomic mass is 10.0. The van der Waals surface area contributed by atoms with E-state index in [4.69, 9.17) is 37.9 Å². The van der Waals surface area contributed by atoms with E-state index in [1.165, 1.54) is 42.4 Å². The Labute approximate surface area is 297 Å². The highest BCUT2D eigenvalue weighted by molar-refractivity contribution is 7.12. The van der Waals surface area contributed by atoms with Crippen LogP contribution in [-0.4, -0.2) is 27.2 Å². The van der Waals surface area contributed by atoms with E-state index in [2.05, 4.69) is 72.1 Å². The van der Waals surface area contributed by atoms with Gasteiger partial charge in [-0.3, -0.25) is 0 Å². The van der Waals surface area contributed by atoms with Gasteiger partial charge in [-0.2, -0.15) is 0 Å². The summed E-state index contributed by atoms with van der Waals surface area (Å²) in [5, 5.41) is 2.16. The molecule has 2 aromatic heterocycles. The second kappa shape index (κ2) is 13.5. The number of rotatable bonds is 8. The number of hydrogen-bond acceptors (Lipinski definition) is 10. The van der Waals surface area contributed by atoms with Crippen LogP contribution in [-0.2, 0) is 25.7 Å². The van der Waals surface area contributed by atoms with Crippen LogP contribution in [0.5, 0.6) is 46.0 Å². The van der Waals surface area contributed by atoms with Crippen molar-refractivity contribution >= 4 is 22.7 Å². The highest BCUT2D eigenvalue weighted by Crippen LogP contribution is 2.37. The number of ether oxygens (including phenoxy) is 8. The van der Waals surface area contributed by atoms with E-state index in [-0.39, 0.29) is 0 Å². The van der Waals surface area contributed by atoms with Crippen molar-refractivity contribution in [3.8, 4) is 46.0 Å². The predicted octanol–water partition coefficient (Wildman–Crippen LogP) is 8.77. The van der Waals surface area contributed by atoms with Gasteiger partial charge in [0.2, 0.25) is 27.2 Å². The Bertz CT molecular complexity index is 2020. The summed E-state index contributed by atoms with van der Waals surface area (Å²) in [6.07, 6.45) is 3.60. The fraction of sp³-hybridized carbons (Fsp3) is 0.200. The second-order valence-corrected chi connectivity index (χ2v) is 14.4. The van der Waals surface area contributed by atoms with Gasteiger partial charge in [-0.05, 0) is 106 Å². The minimum absolute atomic E-state index is 0.312. The maximum absolute atomic E-state index is 5.48. The molecule has 10 heteroatoms. The molecule has 0 N–H and O–H groups in total. The lowest BCUT2D eigenvalue weighted by Crippen LogP contribution is -1.94. The molecule has 6 heterocycles. The fourth-order valence-corrected chi connectivity index (χ4v) is 8.33. The van der Waals surface area contributed by atoms with Crippen molar-refractivity contribution in [3.63, 3.8) is 0 Å². The van der Waals surface area contributed by atoms with Gasteiger partial charge in [-0.25, -0.2) is 0 Å². The number of fused-ring (bicyclic) bond motifs is 4. The van der Waals surface area contributed by atoms with Crippen molar-refractivity contribution in [2.75, 3.05) is 27.2 Å². The lowest BCUT2D eigenvalue weighted by molar-refractivity contribution is 0.173. The van der Waals surface area contributed by atoms with E-state index in [9.17, 15) is 0 Å². The van der Waals surface area contributed by atoms with Crippen molar-refractivity contribution < 1.29 is 37.9 Å². The molecule has 4 aliphatic heterocycles. The van der Waals surface area contributed by atoms with Crippen LogP contribution in [0.15, 0.2) is 96.4 Å². The summed E-state index contributed by atoms with van der Waals surface area (Å²) in [5.41, 5.74) is 6.29. The van der Waals surface area contributed by atoms with Gasteiger partial charge in [0.05, 0.1) is 0 Å². The Kier molecular flexibility index (Phi) is 8.31. The first-order valence-electron chi connectivity index (χ1n) is 16.4. The zero-order chi connectivity index (χ0) is 33.3. The van der Waals surface area contributed by atoms with E-state index in [0.717, 1.165) is 71.7 Å². The van der Waals surface area contributed by atoms with Gasteiger partial charge in [0.1, 0.15) is 0 Å². The fourth-order valence-electron chi connectivity index (χ4n) is 6.30. The van der Waals surface area contributed by atoms with Crippen LogP contribution in [0.3, 0.4) is 0 Å². The van der Waals surface area contributed by atoms with Gasteiger partial charge in [0.15, 0.2) is 46.0 Å². The molecule has 4 aliphatic rings. The van der Waals surface area contributed by atoms with Crippen LogP contribution in [0, 0.1) is 0 Å². The monoisotopic (exact) mass is 704 g/mol. The van der Waals surface area contributed by atoms with Crippen molar-refractivity contribution in [1.29, 1.82) is 0 Å². The zero-order valence-corrected chi connectivity index (χ0v) is 28.6. The van der Waals surface area contributed by atoms with E-state index in [0.29, 0.717) is 27.2 Å². The van der Waals surface area contributed by atoms with E-state index in [1.807, 2.05) is 35.6 Å². The van der Waals surface area contributed by atoms with Crippen LogP contribution in [0.4, 0.5) is 0 Å². The molecule has 6 aromatic rings. The van der Waals surface area contributed by atoms with Gasteiger partial charge >= 0.3 is 0 Å². The summed E-state index contributed by atoms with van der Waals surface area (Å²) in [4.78, 5) is 4.06. The van der Waals surface area contributed by atoms with E-state index >= 15 is 0 Å². The summed E-state index contributed by atoms with van der Waals surface area (Å²) in [6, 6.07) is 31.3. The Morgan fingerprint density at radius 2 is 0.760 bits per heavy atom. The molecule has 0 aliphatic carbocycles. The average molecular weight is 705 g/mol. The Balaban J connectivity index is 0.000000135. The first-order chi connectivity index (χ1) is 24.7. The molecule has 0 saturated carbocycles. The molecule has 252 valence electrons. The SMILES string of the molecule is c1cc(Cc2ccc3c(c2)OCO3)c(Cc2ccc3c(c2)OCO3)s1.c1cc2c(cc1Cc1ccc(Cc3ccc4c(c3)OCO4)s1)OCO2. The molecular formula is C40H32O8S2. The largest absolute Gasteiger partial charge is 0.454 e. The molecule has 4 aromatic carbocycles. The highest BCUT2D eigenvalue weighted by Gasteiger charge is 2.18. The maximum Gasteiger partial charge on any atom is 0.231 e. The lowest BCUT2D eigenvalue weighted by Gasteiger charge is -2.07. The number of benzene rings is 4. The summed E-state index contributed by atoms with van der Waals surface area (Å²) in [7, 11) is 0. The molecule has 0 saturated heterocycles. The van der Waals surface area contributed by atoms with Crippen LogP contribution >= 0.6 is 22.7 Å². The first-order valence-corrected chi connectivity index (χ1v) is 18.0. The van der Waals surface area contributed by atoms with Gasteiger partial charge < -0.3 is 37.9 Å². The Morgan fingerprint density at radius 3 is 1.20 bits per heavy atom. The van der Waals surface area contributed by atoms with Gasteiger partial charge in [-0.15, -0.1) is 22.7 Å². The zero-order valence-electron chi connectivity index (χ0n) is 27.0. The van der Waals surface area contributed by atoms with Crippen LogP contribution in [0.1, 0.15) is 42.4 Å². The summed E-state index contributed by atoms with van der Waals surface area (Å²) >= 11 is 3.64. The Hall–Kier alpha value is -5.32. The standard InChI is InChI=1S/2C20H16O4S/c1-5-17-19(23-11-21-17)9-13(1)7-15-3-4-16(25-15)8-14-2-6-18-20(10-14)24-12-22-18;1-3-16-18(23-11-21-16)8-13(1)7-15-5-6-25-20(15)10-14-2-4-17-19(9-14)24-12-22-17/h1-6,9-10H,7-8,11-12H2;1-6,8-9H,7,10-12H2. The smallest absolute Gasteiger partial charge is 0.231 e. The van der Waals surface area contributed by atoms with Crippen molar-refractivity contribution in [1.82, 2.24) is 0 Å². The summed E-state index contributed by atoms with van der Waals surface area (Å²) in [6.45, 7) is 1.26. The second-order valence-electron chi connectivity index (χ2n) is 12.2. The third kappa shape index (κ3) is 6.64. The molecule has 0 atom stereocenters. The molecule has 10 rings (SSSR count). The number of hydrogen-bond donors (Lipinski definition) is 0. The highest BCUT2D eigenvalue weighted by atomic mass is 32.1. The molecule has 0 unspecified atom stereocenters. The van der Waals surface area contributed by atoms with Crippen molar-refractivity contribution in [2.24, 2.45) is 0 Å². The van der Waals surface area contributed by atoms with Crippen LogP contribution in [0.25, 0.3) is 0 Å². The van der Waals surface area contributed by atoms with Gasteiger partial charge in [0, 0.05) is 33.9 Å². The molecule has 8 nitrogen and oxygen atoms in total. The molecule has 0 spiro atoms. The molecule has 0 bridgehead atoms. The van der Waals surface area contributed by atoms with Crippen molar-refractivity contribution in [3.05, 3.63) is 139 Å². The van der Waals surface area contributed by atoms with Crippen LogP contribution < -0.4 is 37.9 Å². The third-order valence-electron chi connectivity index (χ3n) is 8.82. The first kappa shape index (κ1) is 30.7. The predicted molar refractivity (Wildman–Crippen MR) is 190 cm³/mol. The van der Waals surface area contributed by atoms with Crippen molar-refractivity contribution in [2.45, 2.75) is 25.7 Å². The minimum Gasteiger partial charge on any atom is -0.454 e. The molecular weight excluding hydrogens is 673 g/mol. The average Bonchev–Trinajstić information content (AvgIpc) is 3.98. The Morgan fingerprint density at radius 1 is 0.380 bits per heavy atom. The topological polar surface area (TPSA) is 73.8 Å². The molecule has 0 radical (unpaired) electrons. The van der Waals surface area contributed by atoms with E-state index in [1.54, 1.807) is 11.3 Å².